The Balaban J connectivity index is 1.62. The van der Waals surface area contributed by atoms with Crippen molar-refractivity contribution in [3.63, 3.8) is 0 Å². The number of hydrogen-bond donors (Lipinski definition) is 1. The van der Waals surface area contributed by atoms with Gasteiger partial charge < -0.3 is 10.1 Å². The third kappa shape index (κ3) is 4.10. The van der Waals surface area contributed by atoms with Crippen molar-refractivity contribution in [1.82, 2.24) is 45.0 Å². The summed E-state index contributed by atoms with van der Waals surface area (Å²) in [4.78, 5) is 20.7. The molecule has 4 aromatic rings. The number of rotatable bonds is 6. The fraction of sp³-hybridized carbons (Fsp3) is 0.167. The Morgan fingerprint density at radius 3 is 2.69 bits per heavy atom. The number of nitrogens with one attached hydrogen (secondary N) is 1. The van der Waals surface area contributed by atoms with E-state index in [1.807, 2.05) is 0 Å². The van der Waals surface area contributed by atoms with Gasteiger partial charge >= 0.3 is 6.18 Å². The second-order valence-corrected chi connectivity index (χ2v) is 6.26. The molecule has 164 valence electrons. The first-order valence-corrected chi connectivity index (χ1v) is 8.99. The molecule has 1 amide bonds. The number of carbonyl (C=O) groups excluding carboxylic acids is 1. The Labute approximate surface area is 177 Å². The first-order valence-electron chi connectivity index (χ1n) is 8.99. The summed E-state index contributed by atoms with van der Waals surface area (Å²) in [6.07, 6.45) is 0.180. The number of amides is 1. The molecule has 0 unspecified atom stereocenters. The number of aromatic nitrogens is 8. The van der Waals surface area contributed by atoms with Crippen LogP contribution in [0.2, 0.25) is 0 Å². The average molecular weight is 445 g/mol. The van der Waals surface area contributed by atoms with Gasteiger partial charge in [0.2, 0.25) is 5.88 Å². The summed E-state index contributed by atoms with van der Waals surface area (Å²) < 4.78 is 48.1. The lowest BCUT2D eigenvalue weighted by molar-refractivity contribution is -0.143. The highest BCUT2D eigenvalue weighted by Gasteiger charge is 2.41. The molecule has 0 aliphatic carbocycles. The summed E-state index contributed by atoms with van der Waals surface area (Å²) in [5, 5.41) is 17.4. The van der Waals surface area contributed by atoms with Crippen LogP contribution in [0.25, 0.3) is 11.6 Å². The predicted octanol–water partition coefficient (Wildman–Crippen LogP) is 1.60. The third-order valence-electron chi connectivity index (χ3n) is 4.28. The van der Waals surface area contributed by atoms with E-state index in [1.54, 1.807) is 12.1 Å². The van der Waals surface area contributed by atoms with Gasteiger partial charge in [0, 0.05) is 24.4 Å². The average Bonchev–Trinajstić information content (AvgIpc) is 3.48. The molecule has 0 spiro atoms. The van der Waals surface area contributed by atoms with Gasteiger partial charge in [0.25, 0.3) is 5.91 Å². The van der Waals surface area contributed by atoms with Gasteiger partial charge in [0.1, 0.15) is 12.7 Å². The molecule has 0 aliphatic rings. The predicted molar refractivity (Wildman–Crippen MR) is 101 cm³/mol. The van der Waals surface area contributed by atoms with Crippen LogP contribution in [0, 0.1) is 0 Å². The summed E-state index contributed by atoms with van der Waals surface area (Å²) in [7, 11) is 1.34. The molecular weight excluding hydrogens is 431 g/mol. The number of carbonyl (C=O) groups is 1. The normalized spacial score (nSPS) is 11.4. The zero-order chi connectivity index (χ0) is 22.7. The summed E-state index contributed by atoms with van der Waals surface area (Å²) >= 11 is 0. The Hall–Kier alpha value is -4.36. The molecule has 4 heterocycles. The fourth-order valence-corrected chi connectivity index (χ4v) is 2.86. The van der Waals surface area contributed by atoms with E-state index in [0.717, 1.165) is 6.20 Å². The molecule has 14 heteroatoms. The van der Waals surface area contributed by atoms with E-state index in [0.29, 0.717) is 16.1 Å². The zero-order valence-electron chi connectivity index (χ0n) is 16.4. The van der Waals surface area contributed by atoms with Crippen molar-refractivity contribution in [3.8, 4) is 17.5 Å². The Bertz CT molecular complexity index is 1220. The van der Waals surface area contributed by atoms with Gasteiger partial charge in [-0.15, -0.1) is 10.2 Å². The molecule has 0 fully saturated rings. The van der Waals surface area contributed by atoms with E-state index in [9.17, 15) is 18.0 Å². The molecule has 1 N–H and O–H groups in total. The van der Waals surface area contributed by atoms with Crippen molar-refractivity contribution in [2.75, 3.05) is 7.11 Å². The molecule has 4 aromatic heterocycles. The van der Waals surface area contributed by atoms with Crippen LogP contribution in [-0.2, 0) is 12.7 Å². The molecule has 0 atom stereocenters. The second-order valence-electron chi connectivity index (χ2n) is 6.26. The zero-order valence-corrected chi connectivity index (χ0v) is 16.4. The standard InChI is InChI=1S/C18H14F3N9O2/c1-32-14-5-4-13(27-28-14)30-15(18(19,20)21)12(8-25-30)17(31)24-7-11-3-2-6-23-16(11)29-10-22-9-26-29/h2-6,8-10H,7H2,1H3,(H,24,31). The van der Waals surface area contributed by atoms with Gasteiger partial charge in [0.15, 0.2) is 17.3 Å². The van der Waals surface area contributed by atoms with Crippen molar-refractivity contribution >= 4 is 5.91 Å². The highest BCUT2D eigenvalue weighted by Crippen LogP contribution is 2.33. The van der Waals surface area contributed by atoms with E-state index in [1.165, 1.54) is 42.8 Å². The minimum absolute atomic E-state index is 0.104. The maximum absolute atomic E-state index is 13.8. The first kappa shape index (κ1) is 20.9. The summed E-state index contributed by atoms with van der Waals surface area (Å²) in [5.74, 6) is -0.700. The van der Waals surface area contributed by atoms with Crippen LogP contribution in [0.1, 0.15) is 21.6 Å². The summed E-state index contributed by atoms with van der Waals surface area (Å²) in [6, 6.07) is 5.86. The lowest BCUT2D eigenvalue weighted by Crippen LogP contribution is -2.27. The minimum Gasteiger partial charge on any atom is -0.480 e. The van der Waals surface area contributed by atoms with Gasteiger partial charge in [0.05, 0.1) is 18.9 Å². The maximum Gasteiger partial charge on any atom is 0.434 e. The monoisotopic (exact) mass is 445 g/mol. The number of halogens is 3. The number of methoxy groups -OCH3 is 1. The van der Waals surface area contributed by atoms with E-state index in [2.05, 4.69) is 35.7 Å². The molecule has 11 nitrogen and oxygen atoms in total. The van der Waals surface area contributed by atoms with E-state index in [4.69, 9.17) is 4.74 Å². The molecule has 0 aromatic carbocycles. The number of ether oxygens (including phenoxy) is 1. The highest BCUT2D eigenvalue weighted by atomic mass is 19.4. The molecule has 32 heavy (non-hydrogen) atoms. The van der Waals surface area contributed by atoms with Crippen LogP contribution in [0.4, 0.5) is 13.2 Å². The number of alkyl halides is 3. The van der Waals surface area contributed by atoms with Gasteiger partial charge in [-0.1, -0.05) is 6.07 Å². The number of nitrogens with zero attached hydrogens (tertiary/aromatic N) is 8. The van der Waals surface area contributed by atoms with Crippen LogP contribution >= 0.6 is 0 Å². The maximum atomic E-state index is 13.8. The van der Waals surface area contributed by atoms with Crippen molar-refractivity contribution in [3.05, 3.63) is 66.1 Å². The molecule has 0 radical (unpaired) electrons. The minimum atomic E-state index is -4.88. The van der Waals surface area contributed by atoms with Crippen molar-refractivity contribution < 1.29 is 22.7 Å². The van der Waals surface area contributed by atoms with Crippen LogP contribution in [0.5, 0.6) is 5.88 Å². The SMILES string of the molecule is COc1ccc(-n2ncc(C(=O)NCc3cccnc3-n3cncn3)c2C(F)(F)F)nn1. The van der Waals surface area contributed by atoms with E-state index in [-0.39, 0.29) is 18.2 Å². The molecule has 0 saturated heterocycles. The van der Waals surface area contributed by atoms with Gasteiger partial charge in [-0.25, -0.2) is 19.3 Å². The second kappa shape index (κ2) is 8.41. The quantitative estimate of drug-likeness (QED) is 0.474. The van der Waals surface area contributed by atoms with Crippen molar-refractivity contribution in [2.24, 2.45) is 0 Å². The van der Waals surface area contributed by atoms with Crippen LogP contribution in [0.3, 0.4) is 0 Å². The van der Waals surface area contributed by atoms with Crippen LogP contribution < -0.4 is 10.1 Å². The third-order valence-corrected chi connectivity index (χ3v) is 4.28. The van der Waals surface area contributed by atoms with E-state index >= 15 is 0 Å². The van der Waals surface area contributed by atoms with Gasteiger partial charge in [-0.3, -0.25) is 4.79 Å². The smallest absolute Gasteiger partial charge is 0.434 e. The topological polar surface area (TPSA) is 126 Å². The lowest BCUT2D eigenvalue weighted by atomic mass is 10.2. The van der Waals surface area contributed by atoms with Gasteiger partial charge in [-0.05, 0) is 12.1 Å². The molecule has 0 aliphatic heterocycles. The number of hydrogen-bond acceptors (Lipinski definition) is 8. The molecule has 0 saturated carbocycles. The van der Waals surface area contributed by atoms with Crippen molar-refractivity contribution in [2.45, 2.75) is 12.7 Å². The molecule has 4 rings (SSSR count). The Morgan fingerprint density at radius 1 is 1.19 bits per heavy atom. The van der Waals surface area contributed by atoms with E-state index < -0.39 is 23.3 Å². The largest absolute Gasteiger partial charge is 0.480 e. The van der Waals surface area contributed by atoms with Crippen LogP contribution in [0.15, 0.2) is 49.3 Å². The Morgan fingerprint density at radius 2 is 2.03 bits per heavy atom. The van der Waals surface area contributed by atoms with Gasteiger partial charge in [-0.2, -0.15) is 23.4 Å². The lowest BCUT2D eigenvalue weighted by Gasteiger charge is -2.13. The Kier molecular flexibility index (Phi) is 5.49. The molecular formula is C18H14F3N9O2. The highest BCUT2D eigenvalue weighted by molar-refractivity contribution is 5.95. The fourth-order valence-electron chi connectivity index (χ4n) is 2.86. The number of pyridine rings is 1. The summed E-state index contributed by atoms with van der Waals surface area (Å²) in [5.41, 5.74) is -1.42. The van der Waals surface area contributed by atoms with Crippen molar-refractivity contribution in [1.29, 1.82) is 0 Å². The molecule has 0 bridgehead atoms. The first-order chi connectivity index (χ1) is 15.4. The van der Waals surface area contributed by atoms with Crippen LogP contribution in [-0.4, -0.2) is 52.7 Å². The summed E-state index contributed by atoms with van der Waals surface area (Å²) in [6.45, 7) is -0.104.